The molecule has 2 aromatic rings. The summed E-state index contributed by atoms with van der Waals surface area (Å²) in [7, 11) is 0. The summed E-state index contributed by atoms with van der Waals surface area (Å²) >= 11 is 5.95. The number of nitrogens with zero attached hydrogens (tertiary/aromatic N) is 2. The van der Waals surface area contributed by atoms with E-state index in [0.29, 0.717) is 36.3 Å². The first-order valence-electron chi connectivity index (χ1n) is 8.10. The number of fused-ring (bicyclic) bond motifs is 1. The third-order valence-electron chi connectivity index (χ3n) is 4.30. The monoisotopic (exact) mass is 362 g/mol. The summed E-state index contributed by atoms with van der Waals surface area (Å²) in [6.45, 7) is 1.81. The smallest absolute Gasteiger partial charge is 0.404 e. The molecule has 8 heteroatoms. The van der Waals surface area contributed by atoms with Crippen molar-refractivity contribution in [2.24, 2.45) is 5.92 Å². The highest BCUT2D eigenvalue weighted by atomic mass is 35.5. The van der Waals surface area contributed by atoms with Gasteiger partial charge in [-0.1, -0.05) is 17.7 Å². The largest absolute Gasteiger partial charge is 0.465 e. The van der Waals surface area contributed by atoms with Crippen LogP contribution in [-0.4, -0.2) is 46.7 Å². The Labute approximate surface area is 149 Å². The standard InChI is InChI=1S/C17H19ClN4O3/c18-13-2-4-14-12(9-13)1-3-15(20-14)16(23)21-22-7-5-11(6-8-22)10-19-17(24)25/h1-4,9,11,19H,5-8,10H2,(H,21,23)(H,24,25). The van der Waals surface area contributed by atoms with Crippen LogP contribution < -0.4 is 10.7 Å². The highest BCUT2D eigenvalue weighted by Gasteiger charge is 2.21. The molecule has 7 nitrogen and oxygen atoms in total. The molecule has 1 saturated heterocycles. The Morgan fingerprint density at radius 3 is 2.72 bits per heavy atom. The van der Waals surface area contributed by atoms with Crippen molar-refractivity contribution in [3.8, 4) is 0 Å². The van der Waals surface area contributed by atoms with Gasteiger partial charge in [0.2, 0.25) is 0 Å². The number of carbonyl (C=O) groups excluding carboxylic acids is 1. The Morgan fingerprint density at radius 1 is 1.24 bits per heavy atom. The summed E-state index contributed by atoms with van der Waals surface area (Å²) in [5.41, 5.74) is 3.94. The van der Waals surface area contributed by atoms with Gasteiger partial charge in [0.05, 0.1) is 5.52 Å². The molecule has 0 bridgehead atoms. The Hall–Kier alpha value is -2.38. The fraction of sp³-hybridized carbons (Fsp3) is 0.353. The van der Waals surface area contributed by atoms with Gasteiger partial charge in [-0.3, -0.25) is 10.2 Å². The third kappa shape index (κ3) is 4.58. The molecule has 1 aromatic heterocycles. The molecular formula is C17H19ClN4O3. The number of amides is 2. The van der Waals surface area contributed by atoms with Gasteiger partial charge in [-0.15, -0.1) is 0 Å². The van der Waals surface area contributed by atoms with Crippen LogP contribution in [-0.2, 0) is 0 Å². The van der Waals surface area contributed by atoms with Gasteiger partial charge >= 0.3 is 6.09 Å². The lowest BCUT2D eigenvalue weighted by atomic mass is 9.98. The molecule has 3 N–H and O–H groups in total. The molecule has 1 aromatic carbocycles. The van der Waals surface area contributed by atoms with Gasteiger partial charge < -0.3 is 10.4 Å². The second-order valence-corrected chi connectivity index (χ2v) is 6.53. The predicted octanol–water partition coefficient (Wildman–Crippen LogP) is 2.51. The summed E-state index contributed by atoms with van der Waals surface area (Å²) < 4.78 is 0. The van der Waals surface area contributed by atoms with Crippen molar-refractivity contribution in [3.63, 3.8) is 0 Å². The number of rotatable bonds is 4. The maximum absolute atomic E-state index is 12.4. The second kappa shape index (κ2) is 7.67. The van der Waals surface area contributed by atoms with Crippen molar-refractivity contribution in [2.75, 3.05) is 19.6 Å². The highest BCUT2D eigenvalue weighted by molar-refractivity contribution is 6.31. The van der Waals surface area contributed by atoms with Crippen LogP contribution in [0.4, 0.5) is 4.79 Å². The van der Waals surface area contributed by atoms with E-state index >= 15 is 0 Å². The molecule has 3 rings (SSSR count). The third-order valence-corrected chi connectivity index (χ3v) is 4.54. The van der Waals surface area contributed by atoms with Crippen LogP contribution in [0.2, 0.25) is 5.02 Å². The lowest BCUT2D eigenvalue weighted by Gasteiger charge is -2.31. The zero-order chi connectivity index (χ0) is 17.8. The minimum absolute atomic E-state index is 0.251. The molecule has 132 valence electrons. The summed E-state index contributed by atoms with van der Waals surface area (Å²) in [6.07, 6.45) is 0.647. The van der Waals surface area contributed by atoms with Crippen LogP contribution >= 0.6 is 11.6 Å². The SMILES string of the molecule is O=C(O)NCC1CCN(NC(=O)c2ccc3cc(Cl)ccc3n2)CC1. The first kappa shape index (κ1) is 17.4. The quantitative estimate of drug-likeness (QED) is 0.776. The number of carboxylic acid groups (broad SMARTS) is 1. The normalized spacial score (nSPS) is 15.9. The lowest BCUT2D eigenvalue weighted by molar-refractivity contribution is 0.0698. The molecule has 25 heavy (non-hydrogen) atoms. The Morgan fingerprint density at radius 2 is 2.00 bits per heavy atom. The van der Waals surface area contributed by atoms with Crippen molar-refractivity contribution in [2.45, 2.75) is 12.8 Å². The van der Waals surface area contributed by atoms with Crippen molar-refractivity contribution in [1.29, 1.82) is 0 Å². The molecule has 2 amide bonds. The number of piperidine rings is 1. The van der Waals surface area contributed by atoms with Gasteiger partial charge in [0.25, 0.3) is 5.91 Å². The number of benzene rings is 1. The number of hydrogen-bond acceptors (Lipinski definition) is 4. The number of carbonyl (C=O) groups is 2. The lowest BCUT2D eigenvalue weighted by Crippen LogP contribution is -2.48. The summed E-state index contributed by atoms with van der Waals surface area (Å²) in [5, 5.41) is 14.4. The first-order chi connectivity index (χ1) is 12.0. The van der Waals surface area contributed by atoms with Crippen LogP contribution in [0.3, 0.4) is 0 Å². The van der Waals surface area contributed by atoms with Crippen LogP contribution in [0.15, 0.2) is 30.3 Å². The first-order valence-corrected chi connectivity index (χ1v) is 8.48. The molecule has 1 aliphatic rings. The predicted molar refractivity (Wildman–Crippen MR) is 94.5 cm³/mol. The van der Waals surface area contributed by atoms with Gasteiger partial charge in [0, 0.05) is 30.0 Å². The van der Waals surface area contributed by atoms with E-state index in [1.54, 1.807) is 18.2 Å². The molecular weight excluding hydrogens is 344 g/mol. The number of halogens is 1. The molecule has 1 fully saturated rings. The van der Waals surface area contributed by atoms with E-state index in [1.807, 2.05) is 17.1 Å². The van der Waals surface area contributed by atoms with Crippen molar-refractivity contribution >= 4 is 34.5 Å². The minimum atomic E-state index is -1.00. The molecule has 0 unspecified atom stereocenters. The number of pyridine rings is 1. The van der Waals surface area contributed by atoms with E-state index in [0.717, 1.165) is 23.7 Å². The molecule has 2 heterocycles. The maximum atomic E-state index is 12.4. The van der Waals surface area contributed by atoms with Crippen molar-refractivity contribution < 1.29 is 14.7 Å². The van der Waals surface area contributed by atoms with Crippen molar-refractivity contribution in [3.05, 3.63) is 41.0 Å². The van der Waals surface area contributed by atoms with E-state index in [-0.39, 0.29) is 5.91 Å². The highest BCUT2D eigenvalue weighted by Crippen LogP contribution is 2.19. The van der Waals surface area contributed by atoms with Gasteiger partial charge in [0.15, 0.2) is 0 Å². The summed E-state index contributed by atoms with van der Waals surface area (Å²) in [5.74, 6) is 0.0479. The van der Waals surface area contributed by atoms with E-state index < -0.39 is 6.09 Å². The van der Waals surface area contributed by atoms with E-state index in [1.165, 1.54) is 0 Å². The Bertz CT molecular complexity index is 791. The van der Waals surface area contributed by atoms with Gasteiger partial charge in [-0.2, -0.15) is 0 Å². The minimum Gasteiger partial charge on any atom is -0.465 e. The number of aromatic nitrogens is 1. The topological polar surface area (TPSA) is 94.6 Å². The van der Waals surface area contributed by atoms with E-state index in [2.05, 4.69) is 15.7 Å². The van der Waals surface area contributed by atoms with Gasteiger partial charge in [0.1, 0.15) is 5.69 Å². The number of hydrazine groups is 1. The summed E-state index contributed by atoms with van der Waals surface area (Å²) in [6, 6.07) is 8.84. The zero-order valence-electron chi connectivity index (χ0n) is 13.5. The second-order valence-electron chi connectivity index (χ2n) is 6.09. The Balaban J connectivity index is 1.56. The molecule has 0 radical (unpaired) electrons. The molecule has 1 aliphatic heterocycles. The Kier molecular flexibility index (Phi) is 5.35. The van der Waals surface area contributed by atoms with Crippen molar-refractivity contribution in [1.82, 2.24) is 20.7 Å². The number of nitrogens with one attached hydrogen (secondary N) is 2. The summed E-state index contributed by atoms with van der Waals surface area (Å²) in [4.78, 5) is 27.3. The van der Waals surface area contributed by atoms with E-state index in [4.69, 9.17) is 16.7 Å². The molecule has 0 saturated carbocycles. The fourth-order valence-corrected chi connectivity index (χ4v) is 3.08. The average molecular weight is 363 g/mol. The fourth-order valence-electron chi connectivity index (χ4n) is 2.90. The van der Waals surface area contributed by atoms with Crippen LogP contribution in [0, 0.1) is 5.92 Å². The number of hydrogen-bond donors (Lipinski definition) is 3. The molecule has 0 aliphatic carbocycles. The zero-order valence-corrected chi connectivity index (χ0v) is 14.3. The van der Waals surface area contributed by atoms with Crippen LogP contribution in [0.1, 0.15) is 23.3 Å². The van der Waals surface area contributed by atoms with Crippen LogP contribution in [0.25, 0.3) is 10.9 Å². The molecule has 0 spiro atoms. The molecule has 0 atom stereocenters. The van der Waals surface area contributed by atoms with Crippen LogP contribution in [0.5, 0.6) is 0 Å². The van der Waals surface area contributed by atoms with E-state index in [9.17, 15) is 9.59 Å². The van der Waals surface area contributed by atoms with Gasteiger partial charge in [-0.25, -0.2) is 14.8 Å². The van der Waals surface area contributed by atoms with Gasteiger partial charge in [-0.05, 0) is 43.0 Å². The average Bonchev–Trinajstić information content (AvgIpc) is 2.60. The maximum Gasteiger partial charge on any atom is 0.404 e.